The van der Waals surface area contributed by atoms with Gasteiger partial charge in [-0.3, -0.25) is 0 Å². The van der Waals surface area contributed by atoms with Crippen LogP contribution in [0, 0.1) is 6.92 Å². The van der Waals surface area contributed by atoms with E-state index >= 15 is 0 Å². The van der Waals surface area contributed by atoms with Gasteiger partial charge in [-0.2, -0.15) is 0 Å². The van der Waals surface area contributed by atoms with E-state index in [1.54, 1.807) is 6.07 Å². The predicted molar refractivity (Wildman–Crippen MR) is 93.0 cm³/mol. The van der Waals surface area contributed by atoms with Crippen molar-refractivity contribution in [2.45, 2.75) is 6.92 Å². The van der Waals surface area contributed by atoms with Crippen molar-refractivity contribution >= 4 is 23.0 Å². The summed E-state index contributed by atoms with van der Waals surface area (Å²) in [4.78, 5) is 0. The predicted octanol–water partition coefficient (Wildman–Crippen LogP) is 5.76. The van der Waals surface area contributed by atoms with Crippen molar-refractivity contribution in [3.63, 3.8) is 0 Å². The number of halogens is 1. The molecule has 22 heavy (non-hydrogen) atoms. The number of rotatable bonds is 3. The van der Waals surface area contributed by atoms with Crippen molar-refractivity contribution in [1.29, 1.82) is 0 Å². The van der Waals surface area contributed by atoms with E-state index in [0.29, 0.717) is 5.02 Å². The van der Waals surface area contributed by atoms with Gasteiger partial charge in [0.25, 0.3) is 0 Å². The lowest BCUT2D eigenvalue weighted by molar-refractivity contribution is 0.477. The fourth-order valence-corrected chi connectivity index (χ4v) is 2.65. The molecule has 0 saturated carbocycles. The smallest absolute Gasteiger partial charge is 0.123 e. The lowest BCUT2D eigenvalue weighted by Crippen LogP contribution is -1.95. The van der Waals surface area contributed by atoms with Gasteiger partial charge in [0, 0.05) is 11.3 Å². The summed E-state index contributed by atoms with van der Waals surface area (Å²) >= 11 is 6.21. The summed E-state index contributed by atoms with van der Waals surface area (Å²) in [5.41, 5.74) is 4.71. The molecular weight excluding hydrogens is 294 g/mol. The number of anilines is 2. The molecule has 0 aliphatic heterocycles. The fourth-order valence-electron chi connectivity index (χ4n) is 2.47. The minimum atomic E-state index is 0.278. The zero-order chi connectivity index (χ0) is 15.5. The minimum Gasteiger partial charge on any atom is -0.507 e. The topological polar surface area (TPSA) is 32.3 Å². The Balaban J connectivity index is 2.03. The van der Waals surface area contributed by atoms with E-state index in [1.807, 2.05) is 67.6 Å². The summed E-state index contributed by atoms with van der Waals surface area (Å²) in [5.74, 6) is 0.278. The molecule has 0 atom stereocenters. The number of phenolic OH excluding ortho intramolecular Hbond substituents is 1. The van der Waals surface area contributed by atoms with Crippen LogP contribution in [0.5, 0.6) is 5.75 Å². The molecule has 2 nitrogen and oxygen atoms in total. The molecule has 0 aliphatic rings. The maximum absolute atomic E-state index is 10.1. The van der Waals surface area contributed by atoms with Crippen LogP contribution >= 0.6 is 11.6 Å². The molecule has 0 bridgehead atoms. The molecule has 2 N–H and O–H groups in total. The van der Waals surface area contributed by atoms with Gasteiger partial charge in [-0.05, 0) is 42.3 Å². The van der Waals surface area contributed by atoms with E-state index < -0.39 is 0 Å². The lowest BCUT2D eigenvalue weighted by atomic mass is 9.98. The van der Waals surface area contributed by atoms with Crippen molar-refractivity contribution in [2.75, 3.05) is 5.32 Å². The van der Waals surface area contributed by atoms with Crippen molar-refractivity contribution in [2.24, 2.45) is 0 Å². The zero-order valence-electron chi connectivity index (χ0n) is 12.2. The summed E-state index contributed by atoms with van der Waals surface area (Å²) in [7, 11) is 0. The molecule has 0 aliphatic carbocycles. The first kappa shape index (κ1) is 14.5. The van der Waals surface area contributed by atoms with E-state index in [4.69, 9.17) is 11.6 Å². The number of aromatic hydroxyl groups is 1. The Bertz CT molecular complexity index is 814. The van der Waals surface area contributed by atoms with Crippen LogP contribution in [-0.2, 0) is 0 Å². The van der Waals surface area contributed by atoms with Crippen LogP contribution < -0.4 is 5.32 Å². The van der Waals surface area contributed by atoms with Gasteiger partial charge >= 0.3 is 0 Å². The SMILES string of the molecule is Cc1c(Nc2ccccc2Cl)cccc1-c1ccccc1O. The molecule has 3 aromatic rings. The van der Waals surface area contributed by atoms with E-state index in [2.05, 4.69) is 5.32 Å². The van der Waals surface area contributed by atoms with E-state index in [-0.39, 0.29) is 5.75 Å². The Labute approximate surface area is 135 Å². The Kier molecular flexibility index (Phi) is 4.03. The standard InChI is InChI=1S/C19H16ClNO/c1-13-14(15-7-2-5-12-19(15)22)8-6-11-17(13)21-18-10-4-3-9-16(18)20/h2-12,21-22H,1H3. The van der Waals surface area contributed by atoms with Crippen molar-refractivity contribution in [1.82, 2.24) is 0 Å². The summed E-state index contributed by atoms with van der Waals surface area (Å²) in [6.07, 6.45) is 0. The van der Waals surface area contributed by atoms with E-state index in [0.717, 1.165) is 28.1 Å². The number of hydrogen-bond acceptors (Lipinski definition) is 2. The third-order valence-electron chi connectivity index (χ3n) is 3.67. The Hall–Kier alpha value is -2.45. The highest BCUT2D eigenvalue weighted by atomic mass is 35.5. The average molecular weight is 310 g/mol. The van der Waals surface area contributed by atoms with E-state index in [9.17, 15) is 5.11 Å². The number of phenols is 1. The Morgan fingerprint density at radius 2 is 1.41 bits per heavy atom. The molecule has 3 heteroatoms. The molecule has 110 valence electrons. The monoisotopic (exact) mass is 309 g/mol. The van der Waals surface area contributed by atoms with Gasteiger partial charge in [-0.25, -0.2) is 0 Å². The van der Waals surface area contributed by atoms with Crippen LogP contribution in [0.1, 0.15) is 5.56 Å². The molecule has 0 aromatic heterocycles. The zero-order valence-corrected chi connectivity index (χ0v) is 12.9. The highest BCUT2D eigenvalue weighted by Gasteiger charge is 2.10. The van der Waals surface area contributed by atoms with Crippen molar-refractivity contribution in [3.8, 4) is 16.9 Å². The van der Waals surface area contributed by atoms with Crippen LogP contribution in [-0.4, -0.2) is 5.11 Å². The number of nitrogens with one attached hydrogen (secondary N) is 1. The minimum absolute atomic E-state index is 0.278. The molecule has 0 fully saturated rings. The van der Waals surface area contributed by atoms with Gasteiger partial charge in [0.05, 0.1) is 10.7 Å². The largest absolute Gasteiger partial charge is 0.507 e. The van der Waals surface area contributed by atoms with Gasteiger partial charge in [-0.1, -0.05) is 54.1 Å². The van der Waals surface area contributed by atoms with Gasteiger partial charge in [0.2, 0.25) is 0 Å². The first-order chi connectivity index (χ1) is 10.7. The maximum Gasteiger partial charge on any atom is 0.123 e. The molecule has 0 spiro atoms. The molecule has 0 heterocycles. The van der Waals surface area contributed by atoms with Crippen LogP contribution in [0.2, 0.25) is 5.02 Å². The Morgan fingerprint density at radius 3 is 2.18 bits per heavy atom. The average Bonchev–Trinajstić information content (AvgIpc) is 2.52. The molecule has 3 aromatic carbocycles. The third-order valence-corrected chi connectivity index (χ3v) is 4.00. The number of benzene rings is 3. The second kappa shape index (κ2) is 6.12. The first-order valence-electron chi connectivity index (χ1n) is 7.06. The normalized spacial score (nSPS) is 10.5. The molecule has 0 saturated heterocycles. The first-order valence-corrected chi connectivity index (χ1v) is 7.44. The van der Waals surface area contributed by atoms with Crippen molar-refractivity contribution in [3.05, 3.63) is 77.3 Å². The number of para-hydroxylation sites is 2. The van der Waals surface area contributed by atoms with Crippen LogP contribution in [0.25, 0.3) is 11.1 Å². The van der Waals surface area contributed by atoms with Crippen molar-refractivity contribution < 1.29 is 5.11 Å². The van der Waals surface area contributed by atoms with Crippen LogP contribution in [0.15, 0.2) is 66.7 Å². The second-order valence-corrected chi connectivity index (χ2v) is 5.51. The second-order valence-electron chi connectivity index (χ2n) is 5.10. The van der Waals surface area contributed by atoms with Crippen LogP contribution in [0.3, 0.4) is 0 Å². The molecular formula is C19H16ClNO. The number of hydrogen-bond donors (Lipinski definition) is 2. The highest BCUT2D eigenvalue weighted by molar-refractivity contribution is 6.33. The Morgan fingerprint density at radius 1 is 0.773 bits per heavy atom. The molecule has 0 radical (unpaired) electrons. The van der Waals surface area contributed by atoms with Gasteiger partial charge in [0.1, 0.15) is 5.75 Å². The molecule has 0 amide bonds. The highest BCUT2D eigenvalue weighted by Crippen LogP contribution is 2.35. The van der Waals surface area contributed by atoms with Crippen LogP contribution in [0.4, 0.5) is 11.4 Å². The fraction of sp³-hybridized carbons (Fsp3) is 0.0526. The lowest BCUT2D eigenvalue weighted by Gasteiger charge is -2.15. The third kappa shape index (κ3) is 2.78. The molecule has 0 unspecified atom stereocenters. The van der Waals surface area contributed by atoms with Gasteiger partial charge in [-0.15, -0.1) is 0 Å². The molecule has 3 rings (SSSR count). The maximum atomic E-state index is 10.1. The van der Waals surface area contributed by atoms with Gasteiger partial charge in [0.15, 0.2) is 0 Å². The summed E-state index contributed by atoms with van der Waals surface area (Å²) in [5, 5.41) is 14.1. The van der Waals surface area contributed by atoms with E-state index in [1.165, 1.54) is 0 Å². The summed E-state index contributed by atoms with van der Waals surface area (Å²) in [6.45, 7) is 2.03. The quantitative estimate of drug-likeness (QED) is 0.644. The summed E-state index contributed by atoms with van der Waals surface area (Å²) < 4.78 is 0. The van der Waals surface area contributed by atoms with Gasteiger partial charge < -0.3 is 10.4 Å². The summed E-state index contributed by atoms with van der Waals surface area (Å²) in [6, 6.07) is 21.0.